The van der Waals surface area contributed by atoms with Crippen molar-refractivity contribution < 1.29 is 23.1 Å². The number of alkyl halides is 3. The minimum absolute atomic E-state index is 0.0509. The van der Waals surface area contributed by atoms with Gasteiger partial charge < -0.3 is 10.0 Å². The van der Waals surface area contributed by atoms with Crippen LogP contribution in [0.1, 0.15) is 12.0 Å². The van der Waals surface area contributed by atoms with E-state index in [1.807, 2.05) is 6.07 Å². The van der Waals surface area contributed by atoms with Crippen LogP contribution in [0.25, 0.3) is 0 Å². The minimum Gasteiger partial charge on any atom is -0.481 e. The van der Waals surface area contributed by atoms with Gasteiger partial charge in [0.2, 0.25) is 0 Å². The molecule has 8 heteroatoms. The van der Waals surface area contributed by atoms with E-state index in [-0.39, 0.29) is 17.9 Å². The largest absolute Gasteiger partial charge is 0.481 e. The Morgan fingerprint density at radius 1 is 1.50 bits per heavy atom. The lowest BCUT2D eigenvalue weighted by Crippen LogP contribution is -2.47. The third-order valence-corrected chi connectivity index (χ3v) is 3.42. The Hall–Kier alpha value is -2.30. The van der Waals surface area contributed by atoms with Gasteiger partial charge in [0, 0.05) is 19.3 Å². The molecule has 0 saturated carbocycles. The van der Waals surface area contributed by atoms with Crippen molar-refractivity contribution in [1.29, 1.82) is 5.26 Å². The lowest BCUT2D eigenvalue weighted by Gasteiger charge is -2.27. The number of pyridine rings is 1. The summed E-state index contributed by atoms with van der Waals surface area (Å²) in [7, 11) is 0. The normalized spacial score (nSPS) is 22.6. The Labute approximate surface area is 112 Å². The van der Waals surface area contributed by atoms with E-state index in [2.05, 4.69) is 4.98 Å². The van der Waals surface area contributed by atoms with E-state index in [1.165, 1.54) is 23.2 Å². The highest BCUT2D eigenvalue weighted by atomic mass is 19.4. The summed E-state index contributed by atoms with van der Waals surface area (Å²) in [5.74, 6) is -1.64. The first-order chi connectivity index (χ1) is 9.30. The highest BCUT2D eigenvalue weighted by molar-refractivity contribution is 5.77. The molecule has 0 aromatic carbocycles. The van der Waals surface area contributed by atoms with Crippen molar-refractivity contribution in [2.45, 2.75) is 12.6 Å². The minimum atomic E-state index is -4.82. The van der Waals surface area contributed by atoms with Crippen molar-refractivity contribution in [2.24, 2.45) is 5.41 Å². The van der Waals surface area contributed by atoms with Crippen LogP contribution in [-0.4, -0.2) is 35.3 Å². The van der Waals surface area contributed by atoms with Crippen molar-refractivity contribution in [2.75, 3.05) is 18.0 Å². The van der Waals surface area contributed by atoms with E-state index in [0.717, 1.165) is 0 Å². The van der Waals surface area contributed by atoms with Gasteiger partial charge in [0.15, 0.2) is 5.41 Å². The average molecular weight is 285 g/mol. The lowest BCUT2D eigenvalue weighted by atomic mass is 9.86. The Morgan fingerprint density at radius 3 is 2.60 bits per heavy atom. The number of hydrogen-bond acceptors (Lipinski definition) is 4. The summed E-state index contributed by atoms with van der Waals surface area (Å²) in [5, 5.41) is 17.6. The number of nitrogens with zero attached hydrogens (tertiary/aromatic N) is 3. The zero-order valence-electron chi connectivity index (χ0n) is 10.2. The first-order valence-corrected chi connectivity index (χ1v) is 5.71. The zero-order valence-corrected chi connectivity index (χ0v) is 10.2. The first-order valence-electron chi connectivity index (χ1n) is 5.71. The monoisotopic (exact) mass is 285 g/mol. The molecule has 2 rings (SSSR count). The second kappa shape index (κ2) is 4.67. The van der Waals surface area contributed by atoms with Gasteiger partial charge in [0.25, 0.3) is 0 Å². The van der Waals surface area contributed by atoms with E-state index >= 15 is 0 Å². The summed E-state index contributed by atoms with van der Waals surface area (Å²) in [5.41, 5.74) is -2.48. The van der Waals surface area contributed by atoms with Crippen molar-refractivity contribution in [3.05, 3.63) is 23.9 Å². The van der Waals surface area contributed by atoms with Gasteiger partial charge in [-0.05, 0) is 18.6 Å². The maximum atomic E-state index is 13.0. The topological polar surface area (TPSA) is 77.2 Å². The van der Waals surface area contributed by atoms with Gasteiger partial charge >= 0.3 is 12.1 Å². The van der Waals surface area contributed by atoms with Crippen LogP contribution < -0.4 is 4.90 Å². The molecule has 0 bridgehead atoms. The number of aromatic nitrogens is 1. The number of hydrogen-bond donors (Lipinski definition) is 1. The number of anilines is 1. The molecule has 2 heterocycles. The molecule has 1 saturated heterocycles. The van der Waals surface area contributed by atoms with Crippen LogP contribution in [0.2, 0.25) is 0 Å². The third-order valence-electron chi connectivity index (χ3n) is 3.42. The van der Waals surface area contributed by atoms with Crippen LogP contribution in [0.4, 0.5) is 19.0 Å². The average Bonchev–Trinajstić information content (AvgIpc) is 2.85. The van der Waals surface area contributed by atoms with Crippen molar-refractivity contribution in [3.8, 4) is 6.07 Å². The van der Waals surface area contributed by atoms with Crippen LogP contribution in [-0.2, 0) is 4.79 Å². The van der Waals surface area contributed by atoms with Crippen molar-refractivity contribution in [3.63, 3.8) is 0 Å². The molecule has 20 heavy (non-hydrogen) atoms. The molecule has 1 atom stereocenters. The van der Waals surface area contributed by atoms with Gasteiger partial charge in [-0.15, -0.1) is 0 Å². The molecule has 0 amide bonds. The quantitative estimate of drug-likeness (QED) is 0.896. The van der Waals surface area contributed by atoms with Crippen LogP contribution in [0.3, 0.4) is 0 Å². The Balaban J connectivity index is 2.26. The Bertz CT molecular complexity index is 565. The van der Waals surface area contributed by atoms with Crippen LogP contribution in [0.15, 0.2) is 18.3 Å². The van der Waals surface area contributed by atoms with E-state index in [4.69, 9.17) is 10.4 Å². The highest BCUT2D eigenvalue weighted by Crippen LogP contribution is 2.46. The van der Waals surface area contributed by atoms with E-state index in [0.29, 0.717) is 0 Å². The molecule has 1 aromatic heterocycles. The number of nitriles is 1. The van der Waals surface area contributed by atoms with Gasteiger partial charge in [0.05, 0.1) is 5.56 Å². The molecule has 0 aliphatic carbocycles. The third kappa shape index (κ3) is 2.15. The van der Waals surface area contributed by atoms with Crippen LogP contribution >= 0.6 is 0 Å². The fourth-order valence-corrected chi connectivity index (χ4v) is 2.17. The number of halogens is 3. The fraction of sp³-hybridized carbons (Fsp3) is 0.417. The molecule has 0 spiro atoms. The summed E-state index contributed by atoms with van der Waals surface area (Å²) in [6.45, 7) is -0.727. The number of aliphatic carboxylic acids is 1. The van der Waals surface area contributed by atoms with E-state index < -0.39 is 30.5 Å². The summed E-state index contributed by atoms with van der Waals surface area (Å²) < 4.78 is 39.0. The van der Waals surface area contributed by atoms with Crippen molar-refractivity contribution >= 4 is 11.8 Å². The number of carboxylic acid groups (broad SMARTS) is 1. The molecule has 0 radical (unpaired) electrons. The number of rotatable bonds is 2. The smallest absolute Gasteiger partial charge is 0.406 e. The molecule has 5 nitrogen and oxygen atoms in total. The molecular weight excluding hydrogens is 275 g/mol. The maximum absolute atomic E-state index is 13.0. The van der Waals surface area contributed by atoms with Gasteiger partial charge in [-0.3, -0.25) is 4.79 Å². The van der Waals surface area contributed by atoms with E-state index in [1.54, 1.807) is 0 Å². The molecule has 1 aliphatic heterocycles. The molecule has 106 valence electrons. The Morgan fingerprint density at radius 2 is 2.20 bits per heavy atom. The summed E-state index contributed by atoms with van der Waals surface area (Å²) in [6, 6.07) is 4.69. The van der Waals surface area contributed by atoms with E-state index in [9.17, 15) is 18.0 Å². The molecule has 1 fully saturated rings. The first kappa shape index (κ1) is 14.1. The highest BCUT2D eigenvalue weighted by Gasteiger charge is 2.63. The molecule has 1 N–H and O–H groups in total. The predicted molar refractivity (Wildman–Crippen MR) is 61.9 cm³/mol. The summed E-state index contributed by atoms with van der Waals surface area (Å²) in [6.07, 6.45) is -4.10. The molecule has 1 aromatic rings. The van der Waals surface area contributed by atoms with Gasteiger partial charge in [-0.2, -0.15) is 18.4 Å². The van der Waals surface area contributed by atoms with Gasteiger partial charge in [-0.1, -0.05) is 0 Å². The lowest BCUT2D eigenvalue weighted by molar-refractivity contribution is -0.225. The molecule has 1 unspecified atom stereocenters. The zero-order chi connectivity index (χ0) is 15.0. The Kier molecular flexibility index (Phi) is 3.29. The number of carbonyl (C=O) groups is 1. The molecule has 1 aliphatic rings. The maximum Gasteiger partial charge on any atom is 0.406 e. The standard InChI is InChI=1S/C12H10F3N3O2/c13-12(14,15)11(10(19)20)3-4-18(7-11)9-2-1-8(5-16)6-17-9/h1-2,6H,3-4,7H2,(H,19,20). The SMILES string of the molecule is N#Cc1ccc(N2CCC(C(=O)O)(C(F)(F)F)C2)nc1. The second-order valence-corrected chi connectivity index (χ2v) is 4.57. The molecular formula is C12H10F3N3O2. The van der Waals surface area contributed by atoms with Crippen molar-refractivity contribution in [1.82, 2.24) is 4.98 Å². The van der Waals surface area contributed by atoms with Gasteiger partial charge in [0.1, 0.15) is 11.9 Å². The fourth-order valence-electron chi connectivity index (χ4n) is 2.17. The summed E-state index contributed by atoms with van der Waals surface area (Å²) in [4.78, 5) is 16.2. The second-order valence-electron chi connectivity index (χ2n) is 4.57. The van der Waals surface area contributed by atoms with Gasteiger partial charge in [-0.25, -0.2) is 4.98 Å². The van der Waals surface area contributed by atoms with Crippen LogP contribution in [0.5, 0.6) is 0 Å². The number of carboxylic acids is 1. The summed E-state index contributed by atoms with van der Waals surface area (Å²) >= 11 is 0. The van der Waals surface area contributed by atoms with Crippen LogP contribution in [0, 0.1) is 16.7 Å². The predicted octanol–water partition coefficient (Wildman–Crippen LogP) is 1.80.